The third kappa shape index (κ3) is 4.51. The molecule has 0 bridgehead atoms. The largest absolute Gasteiger partial charge is 0.324 e. The van der Waals surface area contributed by atoms with Crippen LogP contribution in [0.25, 0.3) is 0 Å². The van der Waals surface area contributed by atoms with E-state index < -0.39 is 0 Å². The number of rotatable bonds is 7. The molecule has 0 heterocycles. The molecule has 0 radical (unpaired) electrons. The first-order valence-electron chi connectivity index (χ1n) is 6.86. The van der Waals surface area contributed by atoms with Gasteiger partial charge in [-0.25, -0.2) is 0 Å². The molecule has 0 aliphatic carbocycles. The number of amides is 1. The topological polar surface area (TPSA) is 41.1 Å². The Morgan fingerprint density at radius 1 is 1.16 bits per heavy atom. The summed E-state index contributed by atoms with van der Waals surface area (Å²) in [6.45, 7) is 6.74. The number of para-hydroxylation sites is 1. The van der Waals surface area contributed by atoms with Gasteiger partial charge in [-0.05, 0) is 31.4 Å². The second-order valence-corrected chi connectivity index (χ2v) is 5.13. The van der Waals surface area contributed by atoms with Crippen molar-refractivity contribution in [2.75, 3.05) is 11.9 Å². The van der Waals surface area contributed by atoms with Gasteiger partial charge < -0.3 is 10.6 Å². The van der Waals surface area contributed by atoms with Crippen molar-refractivity contribution in [1.82, 2.24) is 5.32 Å². The van der Waals surface area contributed by atoms with Crippen LogP contribution in [0.1, 0.15) is 40.0 Å². The van der Waals surface area contributed by atoms with Crippen molar-refractivity contribution in [3.8, 4) is 0 Å². The van der Waals surface area contributed by atoms with Gasteiger partial charge in [0.15, 0.2) is 0 Å². The van der Waals surface area contributed by atoms with Crippen LogP contribution < -0.4 is 10.6 Å². The molecule has 1 aromatic rings. The van der Waals surface area contributed by atoms with Gasteiger partial charge in [0.2, 0.25) is 5.91 Å². The van der Waals surface area contributed by atoms with Gasteiger partial charge in [0, 0.05) is 5.54 Å². The van der Waals surface area contributed by atoms with Gasteiger partial charge in [-0.15, -0.1) is 0 Å². The lowest BCUT2D eigenvalue weighted by atomic mass is 9.90. The second kappa shape index (κ2) is 7.51. The fourth-order valence-electron chi connectivity index (χ4n) is 2.15. The van der Waals surface area contributed by atoms with Crippen LogP contribution in [-0.2, 0) is 4.79 Å². The summed E-state index contributed by atoms with van der Waals surface area (Å²) in [4.78, 5) is 11.9. The summed E-state index contributed by atoms with van der Waals surface area (Å²) in [5, 5.41) is 6.75. The Hall–Kier alpha value is -1.06. The Bertz CT molecular complexity index is 408. The maximum Gasteiger partial charge on any atom is 0.238 e. The molecule has 0 atom stereocenters. The first kappa shape index (κ1) is 16.0. The molecule has 3 nitrogen and oxygen atoms in total. The number of hydrogen-bond donors (Lipinski definition) is 2. The van der Waals surface area contributed by atoms with Crippen molar-refractivity contribution in [2.24, 2.45) is 0 Å². The van der Waals surface area contributed by atoms with E-state index in [1.807, 2.05) is 12.1 Å². The summed E-state index contributed by atoms with van der Waals surface area (Å²) in [5.41, 5.74) is 0.712. The molecular weight excluding hydrogens is 260 g/mol. The Balaban J connectivity index is 2.55. The van der Waals surface area contributed by atoms with Crippen LogP contribution in [0.2, 0.25) is 5.02 Å². The van der Waals surface area contributed by atoms with Crippen LogP contribution in [0.4, 0.5) is 5.69 Å². The summed E-state index contributed by atoms with van der Waals surface area (Å²) in [7, 11) is 0. The highest BCUT2D eigenvalue weighted by Crippen LogP contribution is 2.21. The van der Waals surface area contributed by atoms with E-state index in [9.17, 15) is 4.79 Å². The van der Waals surface area contributed by atoms with E-state index in [-0.39, 0.29) is 11.4 Å². The van der Waals surface area contributed by atoms with Crippen LogP contribution in [0.3, 0.4) is 0 Å². The standard InChI is InChI=1S/C15H23ClN2O/c1-4-15(5-2,6-3)17-11-14(19)18-13-10-8-7-9-12(13)16/h7-10,17H,4-6,11H2,1-3H3,(H,18,19). The summed E-state index contributed by atoms with van der Waals surface area (Å²) < 4.78 is 0. The van der Waals surface area contributed by atoms with Crippen molar-refractivity contribution in [1.29, 1.82) is 0 Å². The SMILES string of the molecule is CCC(CC)(CC)NCC(=O)Nc1ccccc1Cl. The fraction of sp³-hybridized carbons (Fsp3) is 0.533. The van der Waals surface area contributed by atoms with E-state index in [1.165, 1.54) is 0 Å². The average Bonchev–Trinajstić information content (AvgIpc) is 2.44. The van der Waals surface area contributed by atoms with Crippen molar-refractivity contribution in [3.63, 3.8) is 0 Å². The van der Waals surface area contributed by atoms with Crippen molar-refractivity contribution < 1.29 is 4.79 Å². The lowest BCUT2D eigenvalue weighted by Gasteiger charge is -2.31. The van der Waals surface area contributed by atoms with Gasteiger partial charge in [-0.1, -0.05) is 44.5 Å². The van der Waals surface area contributed by atoms with Crippen LogP contribution >= 0.6 is 11.6 Å². The molecule has 1 rings (SSSR count). The summed E-state index contributed by atoms with van der Waals surface area (Å²) in [6.07, 6.45) is 3.04. The molecule has 0 saturated carbocycles. The first-order chi connectivity index (χ1) is 9.06. The highest BCUT2D eigenvalue weighted by Gasteiger charge is 2.23. The molecule has 1 aromatic carbocycles. The average molecular weight is 283 g/mol. The number of carbonyl (C=O) groups is 1. The van der Waals surface area contributed by atoms with Gasteiger partial charge >= 0.3 is 0 Å². The second-order valence-electron chi connectivity index (χ2n) is 4.72. The predicted molar refractivity (Wildman–Crippen MR) is 81.7 cm³/mol. The Morgan fingerprint density at radius 2 is 1.74 bits per heavy atom. The van der Waals surface area contributed by atoms with Crippen LogP contribution in [0.5, 0.6) is 0 Å². The Kier molecular flexibility index (Phi) is 6.32. The molecular formula is C15H23ClN2O. The predicted octanol–water partition coefficient (Wildman–Crippen LogP) is 3.84. The van der Waals surface area contributed by atoms with E-state index in [1.54, 1.807) is 12.1 Å². The lowest BCUT2D eigenvalue weighted by molar-refractivity contribution is -0.115. The quantitative estimate of drug-likeness (QED) is 0.798. The van der Waals surface area contributed by atoms with Gasteiger partial charge in [-0.3, -0.25) is 4.79 Å². The number of carbonyl (C=O) groups excluding carboxylic acids is 1. The third-order valence-electron chi connectivity index (χ3n) is 3.80. The minimum atomic E-state index is -0.0622. The number of benzene rings is 1. The summed E-state index contributed by atoms with van der Waals surface area (Å²) >= 11 is 6.01. The summed E-state index contributed by atoms with van der Waals surface area (Å²) in [5.74, 6) is -0.0622. The molecule has 0 aliphatic heterocycles. The molecule has 4 heteroatoms. The molecule has 0 aliphatic rings. The Labute approximate surface area is 120 Å². The molecule has 2 N–H and O–H groups in total. The van der Waals surface area contributed by atoms with Crippen LogP contribution in [0.15, 0.2) is 24.3 Å². The maximum absolute atomic E-state index is 11.9. The van der Waals surface area contributed by atoms with Crippen LogP contribution in [-0.4, -0.2) is 18.0 Å². The monoisotopic (exact) mass is 282 g/mol. The number of hydrogen-bond acceptors (Lipinski definition) is 2. The zero-order valence-electron chi connectivity index (χ0n) is 11.9. The van der Waals surface area contributed by atoms with Crippen molar-refractivity contribution >= 4 is 23.2 Å². The number of halogens is 1. The normalized spacial score (nSPS) is 11.4. The van der Waals surface area contributed by atoms with E-state index >= 15 is 0 Å². The zero-order chi connectivity index (χ0) is 14.3. The molecule has 0 aromatic heterocycles. The molecule has 106 valence electrons. The fourth-order valence-corrected chi connectivity index (χ4v) is 2.33. The minimum Gasteiger partial charge on any atom is -0.324 e. The van der Waals surface area contributed by atoms with E-state index in [0.717, 1.165) is 19.3 Å². The maximum atomic E-state index is 11.9. The molecule has 0 fully saturated rings. The van der Waals surface area contributed by atoms with E-state index in [2.05, 4.69) is 31.4 Å². The highest BCUT2D eigenvalue weighted by atomic mass is 35.5. The first-order valence-corrected chi connectivity index (χ1v) is 7.24. The number of nitrogens with one attached hydrogen (secondary N) is 2. The number of anilines is 1. The highest BCUT2D eigenvalue weighted by molar-refractivity contribution is 6.33. The third-order valence-corrected chi connectivity index (χ3v) is 4.13. The molecule has 19 heavy (non-hydrogen) atoms. The van der Waals surface area contributed by atoms with E-state index in [4.69, 9.17) is 11.6 Å². The molecule has 0 unspecified atom stereocenters. The molecule has 1 amide bonds. The van der Waals surface area contributed by atoms with Gasteiger partial charge in [0.25, 0.3) is 0 Å². The van der Waals surface area contributed by atoms with Gasteiger partial charge in [0.05, 0.1) is 17.3 Å². The van der Waals surface area contributed by atoms with Crippen molar-refractivity contribution in [2.45, 2.75) is 45.6 Å². The summed E-state index contributed by atoms with van der Waals surface area (Å²) in [6, 6.07) is 7.25. The zero-order valence-corrected chi connectivity index (χ0v) is 12.7. The van der Waals surface area contributed by atoms with Gasteiger partial charge in [-0.2, -0.15) is 0 Å². The Morgan fingerprint density at radius 3 is 2.26 bits per heavy atom. The minimum absolute atomic E-state index is 0.0534. The van der Waals surface area contributed by atoms with Crippen LogP contribution in [0, 0.1) is 0 Å². The van der Waals surface area contributed by atoms with Gasteiger partial charge in [0.1, 0.15) is 0 Å². The smallest absolute Gasteiger partial charge is 0.238 e. The lowest BCUT2D eigenvalue weighted by Crippen LogP contribution is -2.47. The molecule has 0 saturated heterocycles. The van der Waals surface area contributed by atoms with E-state index in [0.29, 0.717) is 17.3 Å². The molecule has 0 spiro atoms. The van der Waals surface area contributed by atoms with Crippen molar-refractivity contribution in [3.05, 3.63) is 29.3 Å².